The summed E-state index contributed by atoms with van der Waals surface area (Å²) in [5.41, 5.74) is 0. The van der Waals surface area contributed by atoms with Crippen LogP contribution in [0.5, 0.6) is 0 Å². The van der Waals surface area contributed by atoms with E-state index in [2.05, 4.69) is 9.82 Å². The van der Waals surface area contributed by atoms with Crippen LogP contribution in [-0.4, -0.2) is 36.0 Å². The van der Waals surface area contributed by atoms with E-state index in [-0.39, 0.29) is 22.5 Å². The molecule has 2 rings (SSSR count). The van der Waals surface area contributed by atoms with Crippen molar-refractivity contribution >= 4 is 21.6 Å². The van der Waals surface area contributed by atoms with Crippen LogP contribution in [0.4, 0.5) is 0 Å². The fourth-order valence-corrected chi connectivity index (χ4v) is 3.99. The topological polar surface area (TPSA) is 84.2 Å². The summed E-state index contributed by atoms with van der Waals surface area (Å²) in [5, 5.41) is 13.5. The number of hydrogen-bond donors (Lipinski definition) is 2. The predicted octanol–water partition coefficient (Wildman–Crippen LogP) is 0.513. The Balaban J connectivity index is 2.08. The van der Waals surface area contributed by atoms with Crippen LogP contribution >= 0.6 is 11.6 Å². The molecule has 1 aliphatic rings. The molecule has 0 amide bonds. The Labute approximate surface area is 111 Å². The molecule has 0 spiro atoms. The van der Waals surface area contributed by atoms with E-state index in [9.17, 15) is 13.5 Å². The van der Waals surface area contributed by atoms with Crippen LogP contribution < -0.4 is 4.72 Å². The van der Waals surface area contributed by atoms with Crippen molar-refractivity contribution in [3.8, 4) is 0 Å². The van der Waals surface area contributed by atoms with Crippen LogP contribution in [0.2, 0.25) is 5.02 Å². The molecule has 2 atom stereocenters. The molecule has 0 aliphatic heterocycles. The molecule has 102 valence electrons. The Morgan fingerprint density at radius 1 is 1.61 bits per heavy atom. The van der Waals surface area contributed by atoms with Gasteiger partial charge in [0.05, 0.1) is 17.3 Å². The first-order valence-corrected chi connectivity index (χ1v) is 7.63. The lowest BCUT2D eigenvalue weighted by atomic mass is 10.1. The molecule has 1 aliphatic carbocycles. The smallest absolute Gasteiger partial charge is 0.259 e. The van der Waals surface area contributed by atoms with Crippen molar-refractivity contribution in [3.63, 3.8) is 0 Å². The van der Waals surface area contributed by atoms with E-state index < -0.39 is 16.1 Å². The monoisotopic (exact) mass is 293 g/mol. The number of aryl methyl sites for hydroxylation is 1. The van der Waals surface area contributed by atoms with Crippen LogP contribution in [0.3, 0.4) is 0 Å². The molecule has 0 radical (unpaired) electrons. The molecule has 8 heteroatoms. The molecule has 1 aromatic heterocycles. The van der Waals surface area contributed by atoms with Crippen molar-refractivity contribution in [1.29, 1.82) is 0 Å². The molecule has 0 saturated heterocycles. The summed E-state index contributed by atoms with van der Waals surface area (Å²) in [6, 6.07) is 0. The van der Waals surface area contributed by atoms with Gasteiger partial charge in [0.2, 0.25) is 0 Å². The molecular formula is C10H16ClN3O3S. The zero-order valence-corrected chi connectivity index (χ0v) is 11.6. The molecule has 18 heavy (non-hydrogen) atoms. The molecule has 1 saturated carbocycles. The Morgan fingerprint density at radius 2 is 2.33 bits per heavy atom. The summed E-state index contributed by atoms with van der Waals surface area (Å²) >= 11 is 5.80. The van der Waals surface area contributed by atoms with Gasteiger partial charge in [0, 0.05) is 13.6 Å². The third-order valence-electron chi connectivity index (χ3n) is 3.25. The number of sulfonamides is 1. The number of aliphatic hydroxyl groups excluding tert-OH is 1. The van der Waals surface area contributed by atoms with Crippen molar-refractivity contribution in [1.82, 2.24) is 14.5 Å². The van der Waals surface area contributed by atoms with Crippen molar-refractivity contribution in [2.24, 2.45) is 13.0 Å². The molecule has 6 nitrogen and oxygen atoms in total. The summed E-state index contributed by atoms with van der Waals surface area (Å²) < 4.78 is 27.8. The van der Waals surface area contributed by atoms with Gasteiger partial charge < -0.3 is 5.11 Å². The van der Waals surface area contributed by atoms with Crippen molar-refractivity contribution < 1.29 is 13.5 Å². The van der Waals surface area contributed by atoms with Gasteiger partial charge in [-0.15, -0.1) is 0 Å². The number of halogens is 1. The minimum atomic E-state index is -3.68. The third kappa shape index (κ3) is 2.69. The minimum absolute atomic E-state index is 0.0215. The molecule has 1 aromatic rings. The first-order chi connectivity index (χ1) is 8.42. The van der Waals surface area contributed by atoms with Gasteiger partial charge >= 0.3 is 0 Å². The molecule has 0 aromatic carbocycles. The molecular weight excluding hydrogens is 278 g/mol. The second-order valence-corrected chi connectivity index (χ2v) is 6.62. The van der Waals surface area contributed by atoms with Gasteiger partial charge in [-0.05, 0) is 18.8 Å². The second-order valence-electron chi connectivity index (χ2n) is 4.53. The van der Waals surface area contributed by atoms with Crippen molar-refractivity contribution in [3.05, 3.63) is 11.2 Å². The normalized spacial score (nSPS) is 24.6. The highest BCUT2D eigenvalue weighted by atomic mass is 35.5. The van der Waals surface area contributed by atoms with Crippen LogP contribution in [0.1, 0.15) is 19.3 Å². The number of nitrogens with one attached hydrogen (secondary N) is 1. The lowest BCUT2D eigenvalue weighted by Gasteiger charge is -2.15. The van der Waals surface area contributed by atoms with E-state index in [0.717, 1.165) is 19.3 Å². The second kappa shape index (κ2) is 5.16. The van der Waals surface area contributed by atoms with Gasteiger partial charge in [0.25, 0.3) is 10.0 Å². The van der Waals surface area contributed by atoms with Crippen LogP contribution in [0, 0.1) is 5.92 Å². The fraction of sp³-hybridized carbons (Fsp3) is 0.700. The highest BCUT2D eigenvalue weighted by Gasteiger charge is 2.28. The van der Waals surface area contributed by atoms with Gasteiger partial charge in [0.15, 0.2) is 5.03 Å². The first-order valence-electron chi connectivity index (χ1n) is 5.77. The van der Waals surface area contributed by atoms with Gasteiger partial charge in [-0.2, -0.15) is 5.10 Å². The van der Waals surface area contributed by atoms with Crippen LogP contribution in [-0.2, 0) is 17.1 Å². The third-order valence-corrected chi connectivity index (χ3v) is 5.18. The summed E-state index contributed by atoms with van der Waals surface area (Å²) in [4.78, 5) is 0. The highest BCUT2D eigenvalue weighted by molar-refractivity contribution is 7.89. The number of nitrogens with zero attached hydrogens (tertiary/aromatic N) is 2. The summed E-state index contributed by atoms with van der Waals surface area (Å²) in [6.07, 6.45) is 3.37. The molecule has 1 heterocycles. The summed E-state index contributed by atoms with van der Waals surface area (Å²) in [6.45, 7) is 0.227. The average molecular weight is 294 g/mol. The van der Waals surface area contributed by atoms with Gasteiger partial charge in [0.1, 0.15) is 0 Å². The Hall–Kier alpha value is -0.630. The lowest BCUT2D eigenvalue weighted by Crippen LogP contribution is -2.33. The first kappa shape index (κ1) is 13.8. The Kier molecular flexibility index (Phi) is 3.96. The Bertz CT molecular complexity index is 509. The average Bonchev–Trinajstić information content (AvgIpc) is 2.83. The lowest BCUT2D eigenvalue weighted by molar-refractivity contribution is 0.134. The van der Waals surface area contributed by atoms with Crippen molar-refractivity contribution in [2.45, 2.75) is 30.4 Å². The summed E-state index contributed by atoms with van der Waals surface area (Å²) in [5.74, 6) is -0.0215. The van der Waals surface area contributed by atoms with E-state index >= 15 is 0 Å². The predicted molar refractivity (Wildman–Crippen MR) is 66.8 cm³/mol. The number of aliphatic hydroxyl groups is 1. The minimum Gasteiger partial charge on any atom is -0.393 e. The maximum Gasteiger partial charge on any atom is 0.259 e. The van der Waals surface area contributed by atoms with E-state index in [4.69, 9.17) is 11.6 Å². The fourth-order valence-electron chi connectivity index (χ4n) is 2.24. The quantitative estimate of drug-likeness (QED) is 0.847. The van der Waals surface area contributed by atoms with Gasteiger partial charge in [-0.25, -0.2) is 13.1 Å². The molecule has 2 unspecified atom stereocenters. The van der Waals surface area contributed by atoms with Crippen molar-refractivity contribution in [2.75, 3.05) is 6.54 Å². The largest absolute Gasteiger partial charge is 0.393 e. The highest BCUT2D eigenvalue weighted by Crippen LogP contribution is 2.26. The maximum atomic E-state index is 12.1. The maximum absolute atomic E-state index is 12.1. The van der Waals surface area contributed by atoms with Gasteiger partial charge in [-0.3, -0.25) is 4.68 Å². The number of aromatic nitrogens is 2. The zero-order chi connectivity index (χ0) is 13.3. The van der Waals surface area contributed by atoms with Crippen LogP contribution in [0.25, 0.3) is 0 Å². The molecule has 2 N–H and O–H groups in total. The number of hydrogen-bond acceptors (Lipinski definition) is 4. The Morgan fingerprint density at radius 3 is 2.83 bits per heavy atom. The summed E-state index contributed by atoms with van der Waals surface area (Å²) in [7, 11) is -2.16. The zero-order valence-electron chi connectivity index (χ0n) is 10.0. The van der Waals surface area contributed by atoms with Crippen LogP contribution in [0.15, 0.2) is 11.2 Å². The van der Waals surface area contributed by atoms with Gasteiger partial charge in [-0.1, -0.05) is 18.0 Å². The van der Waals surface area contributed by atoms with E-state index in [0.29, 0.717) is 0 Å². The van der Waals surface area contributed by atoms with E-state index in [1.165, 1.54) is 17.9 Å². The van der Waals surface area contributed by atoms with E-state index in [1.807, 2.05) is 0 Å². The molecule has 1 fully saturated rings. The number of rotatable bonds is 4. The SMILES string of the molecule is Cn1ncc(Cl)c1S(=O)(=O)NCC1CCCC1O. The molecule has 0 bridgehead atoms. The standard InChI is InChI=1S/C10H16ClN3O3S/c1-14-10(8(11)6-12-14)18(16,17)13-5-7-3-2-4-9(7)15/h6-7,9,13,15H,2-5H2,1H3. The van der Waals surface area contributed by atoms with E-state index in [1.54, 1.807) is 0 Å².